The minimum Gasteiger partial charge on any atom is -0.308 e. The van der Waals surface area contributed by atoms with Crippen LogP contribution in [-0.4, -0.2) is 20.4 Å². The van der Waals surface area contributed by atoms with E-state index in [1.54, 1.807) is 0 Å². The zero-order valence-corrected chi connectivity index (χ0v) is 32.0. The predicted molar refractivity (Wildman–Crippen MR) is 241 cm³/mol. The molecule has 0 aliphatic carbocycles. The molecule has 1 aliphatic rings. The minimum absolute atomic E-state index is 0.0202. The maximum atomic E-state index is 15.2. The van der Waals surface area contributed by atoms with Gasteiger partial charge >= 0.3 is 0 Å². The summed E-state index contributed by atoms with van der Waals surface area (Å²) in [7, 11) is 0. The highest BCUT2D eigenvalue weighted by molar-refractivity contribution is 6.19. The van der Waals surface area contributed by atoms with Crippen LogP contribution in [0.5, 0.6) is 0 Å². The Hall–Kier alpha value is -7.89. The number of hydrogen-bond acceptors (Lipinski definition) is 3. The molecule has 0 spiro atoms. The van der Waals surface area contributed by atoms with E-state index in [1.165, 1.54) is 0 Å². The number of hydrogen-bond donors (Lipinski definition) is 0. The van der Waals surface area contributed by atoms with Crippen molar-refractivity contribution >= 4 is 33.4 Å². The van der Waals surface area contributed by atoms with Gasteiger partial charge in [-0.05, 0) is 81.9 Å². The number of aromatic nitrogens is 3. The van der Waals surface area contributed by atoms with Crippen LogP contribution in [0.1, 0.15) is 15.9 Å². The lowest BCUT2D eigenvalue weighted by Gasteiger charge is -2.26. The van der Waals surface area contributed by atoms with E-state index < -0.39 is 0 Å². The summed E-state index contributed by atoms with van der Waals surface area (Å²) in [6.45, 7) is 0.394. The van der Waals surface area contributed by atoms with Gasteiger partial charge < -0.3 is 9.47 Å². The number of carbonyl (C=O) groups excluding carboxylic acids is 1. The molecule has 10 aromatic rings. The van der Waals surface area contributed by atoms with Gasteiger partial charge in [0.15, 0.2) is 0 Å². The van der Waals surface area contributed by atoms with Crippen molar-refractivity contribution in [1.82, 2.24) is 14.5 Å². The minimum atomic E-state index is -0.0202. The van der Waals surface area contributed by atoms with Crippen molar-refractivity contribution in [2.24, 2.45) is 0 Å². The van der Waals surface area contributed by atoms with Crippen LogP contribution >= 0.6 is 0 Å². The van der Waals surface area contributed by atoms with E-state index in [-0.39, 0.29) is 5.91 Å². The van der Waals surface area contributed by atoms with Crippen LogP contribution in [0.3, 0.4) is 0 Å². The van der Waals surface area contributed by atoms with Gasteiger partial charge in [0.1, 0.15) is 0 Å². The summed E-state index contributed by atoms with van der Waals surface area (Å²) < 4.78 is 2.40. The van der Waals surface area contributed by atoms with Gasteiger partial charge in [0, 0.05) is 68.9 Å². The quantitative estimate of drug-likeness (QED) is 0.163. The molecule has 0 radical (unpaired) electrons. The second kappa shape index (κ2) is 14.2. The highest BCUT2D eigenvalue weighted by atomic mass is 16.2. The molecule has 5 nitrogen and oxygen atoms in total. The first-order valence-corrected chi connectivity index (χ1v) is 19.9. The Bertz CT molecular complexity index is 3020. The van der Waals surface area contributed by atoms with Crippen molar-refractivity contribution in [3.8, 4) is 61.3 Å². The van der Waals surface area contributed by atoms with Crippen LogP contribution in [0.25, 0.3) is 83.1 Å². The molecule has 1 amide bonds. The fourth-order valence-electron chi connectivity index (χ4n) is 8.99. The molecule has 0 N–H and O–H groups in total. The van der Waals surface area contributed by atoms with E-state index in [9.17, 15) is 0 Å². The summed E-state index contributed by atoms with van der Waals surface area (Å²) in [5.41, 5.74) is 16.4. The average Bonchev–Trinajstić information content (AvgIpc) is 3.84. The number of amides is 1. The number of carbonyl (C=O) groups is 1. The van der Waals surface area contributed by atoms with E-state index in [1.807, 2.05) is 60.0 Å². The molecule has 0 bridgehead atoms. The van der Waals surface area contributed by atoms with Gasteiger partial charge in [-0.3, -0.25) is 14.8 Å². The monoisotopic (exact) mass is 756 g/mol. The van der Waals surface area contributed by atoms with Crippen molar-refractivity contribution in [3.05, 3.63) is 218 Å². The molecule has 0 fully saturated rings. The molecule has 11 rings (SSSR count). The van der Waals surface area contributed by atoms with Crippen molar-refractivity contribution in [2.75, 3.05) is 4.90 Å². The van der Waals surface area contributed by atoms with Gasteiger partial charge in [-0.15, -0.1) is 0 Å². The smallest absolute Gasteiger partial charge is 0.259 e. The van der Waals surface area contributed by atoms with Crippen molar-refractivity contribution in [3.63, 3.8) is 0 Å². The van der Waals surface area contributed by atoms with Gasteiger partial charge in [0.05, 0.1) is 29.0 Å². The lowest BCUT2D eigenvalue weighted by atomic mass is 9.90. The predicted octanol–water partition coefficient (Wildman–Crippen LogP) is 13.1. The zero-order chi connectivity index (χ0) is 39.3. The zero-order valence-electron chi connectivity index (χ0n) is 32.0. The molecule has 1 aliphatic heterocycles. The molecule has 5 heteroatoms. The van der Waals surface area contributed by atoms with E-state index >= 15 is 4.79 Å². The summed E-state index contributed by atoms with van der Waals surface area (Å²) in [6.07, 6.45) is 7.38. The van der Waals surface area contributed by atoms with Crippen molar-refractivity contribution in [2.45, 2.75) is 6.54 Å². The SMILES string of the molecule is O=C1c2cccc(-n3c4c(-c5ccncc5)cccc4c4cccc(-c5ccncc5)c43)c2CN1c1c(-c2ccccc2)cc(-c2ccccc2)cc1-c1ccccc1. The van der Waals surface area contributed by atoms with Crippen molar-refractivity contribution < 1.29 is 4.79 Å². The molecule has 0 saturated carbocycles. The molecule has 4 heterocycles. The van der Waals surface area contributed by atoms with Crippen LogP contribution in [0.4, 0.5) is 5.69 Å². The standard InChI is InChI=1S/C54H36N4O/c59-54-46-23-12-24-50(58-52-42(39-25-29-55-30-26-39)19-10-21-44(52)45-22-11-20-43(53(45)58)40-27-31-56-32-28-40)49(46)35-57(54)51-47(37-15-6-2-7-16-37)33-41(36-13-4-1-5-14-36)34-48(51)38-17-8-3-9-18-38/h1-34H,35H2. The molecule has 7 aromatic carbocycles. The Morgan fingerprint density at radius 2 is 0.831 bits per heavy atom. The highest BCUT2D eigenvalue weighted by Gasteiger charge is 2.35. The second-order valence-electron chi connectivity index (χ2n) is 14.9. The van der Waals surface area contributed by atoms with Gasteiger partial charge in [-0.2, -0.15) is 0 Å². The van der Waals surface area contributed by atoms with Gasteiger partial charge in [0.25, 0.3) is 5.91 Å². The Labute approximate surface area is 342 Å². The Morgan fingerprint density at radius 3 is 1.34 bits per heavy atom. The lowest BCUT2D eigenvalue weighted by Crippen LogP contribution is -2.24. The number of nitrogens with zero attached hydrogens (tertiary/aromatic N) is 4. The van der Waals surface area contributed by atoms with Crippen LogP contribution in [0.15, 0.2) is 207 Å². The third-order valence-corrected chi connectivity index (χ3v) is 11.6. The Morgan fingerprint density at radius 1 is 0.390 bits per heavy atom. The summed E-state index contributed by atoms with van der Waals surface area (Å²) in [5, 5.41) is 2.27. The van der Waals surface area contributed by atoms with E-state index in [0.29, 0.717) is 12.1 Å². The largest absolute Gasteiger partial charge is 0.308 e. The third kappa shape index (κ3) is 5.74. The molecular weight excluding hydrogens is 721 g/mol. The second-order valence-corrected chi connectivity index (χ2v) is 14.9. The molecule has 3 aromatic heterocycles. The first-order chi connectivity index (χ1) is 29.2. The van der Waals surface area contributed by atoms with E-state index in [4.69, 9.17) is 0 Å². The summed E-state index contributed by atoms with van der Waals surface area (Å²) in [4.78, 5) is 25.9. The molecule has 0 saturated heterocycles. The number of para-hydroxylation sites is 2. The van der Waals surface area contributed by atoms with Crippen LogP contribution in [0.2, 0.25) is 0 Å². The average molecular weight is 757 g/mol. The maximum Gasteiger partial charge on any atom is 0.259 e. The molecule has 0 unspecified atom stereocenters. The number of benzene rings is 7. The number of anilines is 1. The highest BCUT2D eigenvalue weighted by Crippen LogP contribution is 2.48. The first kappa shape index (κ1) is 34.4. The van der Waals surface area contributed by atoms with Crippen LogP contribution in [0, 0.1) is 0 Å². The fourth-order valence-corrected chi connectivity index (χ4v) is 8.99. The number of pyridine rings is 2. The molecule has 278 valence electrons. The Kier molecular flexibility index (Phi) is 8.30. The topological polar surface area (TPSA) is 51.0 Å². The number of fused-ring (bicyclic) bond motifs is 4. The van der Waals surface area contributed by atoms with E-state index in [2.05, 4.69) is 166 Å². The van der Waals surface area contributed by atoms with Gasteiger partial charge in [0.2, 0.25) is 0 Å². The third-order valence-electron chi connectivity index (χ3n) is 11.6. The molecule has 0 atom stereocenters. The first-order valence-electron chi connectivity index (χ1n) is 19.9. The molecule has 59 heavy (non-hydrogen) atoms. The fraction of sp³-hybridized carbons (Fsp3) is 0.0185. The lowest BCUT2D eigenvalue weighted by molar-refractivity contribution is 0.0996. The summed E-state index contributed by atoms with van der Waals surface area (Å²) in [6, 6.07) is 63.4. The van der Waals surface area contributed by atoms with Crippen LogP contribution < -0.4 is 4.90 Å². The summed E-state index contributed by atoms with van der Waals surface area (Å²) >= 11 is 0. The normalized spacial score (nSPS) is 12.3. The van der Waals surface area contributed by atoms with Gasteiger partial charge in [-0.25, -0.2) is 0 Å². The van der Waals surface area contributed by atoms with E-state index in [0.717, 1.165) is 94.4 Å². The van der Waals surface area contributed by atoms with Gasteiger partial charge in [-0.1, -0.05) is 133 Å². The van der Waals surface area contributed by atoms with Crippen molar-refractivity contribution in [1.29, 1.82) is 0 Å². The Balaban J connectivity index is 1.19. The summed E-state index contributed by atoms with van der Waals surface area (Å²) in [5.74, 6) is -0.0202. The van der Waals surface area contributed by atoms with Crippen LogP contribution in [-0.2, 0) is 6.54 Å². The number of rotatable bonds is 7. The molecular formula is C54H36N4O. The maximum absolute atomic E-state index is 15.2.